The molecule has 3 heterocycles. The van der Waals surface area contributed by atoms with E-state index in [9.17, 15) is 9.59 Å². The first-order valence-electron chi connectivity index (χ1n) is 11.5. The maximum atomic E-state index is 13.2. The van der Waals surface area contributed by atoms with Gasteiger partial charge in [-0.25, -0.2) is 0 Å². The van der Waals surface area contributed by atoms with Crippen molar-refractivity contribution < 1.29 is 14.3 Å². The Kier molecular flexibility index (Phi) is 4.47. The number of amides is 2. The Balaban J connectivity index is 1.87. The van der Waals surface area contributed by atoms with E-state index < -0.39 is 0 Å². The van der Waals surface area contributed by atoms with Crippen LogP contribution < -0.4 is 10.1 Å². The van der Waals surface area contributed by atoms with Crippen molar-refractivity contribution in [3.63, 3.8) is 0 Å². The molecule has 172 valence electrons. The van der Waals surface area contributed by atoms with Crippen molar-refractivity contribution >= 4 is 55.4 Å². The van der Waals surface area contributed by atoms with Crippen molar-refractivity contribution in [2.75, 3.05) is 27.7 Å². The largest absolute Gasteiger partial charge is 0.497 e. The number of para-hydroxylation sites is 1. The van der Waals surface area contributed by atoms with E-state index in [1.165, 1.54) is 0 Å². The number of carbonyl (C=O) groups is 2. The third-order valence-electron chi connectivity index (χ3n) is 7.02. The van der Waals surface area contributed by atoms with Gasteiger partial charge in [-0.1, -0.05) is 18.2 Å². The third-order valence-corrected chi connectivity index (χ3v) is 7.02. The summed E-state index contributed by atoms with van der Waals surface area (Å²) in [5, 5.41) is 6.12. The molecule has 0 saturated carbocycles. The standard InChI is InChI=1S/C27H26N4O3/c1-29(2)12-7-13-31-19-11-10-15(34-4)14-17(19)21-23-22(26(32)28-27(23)33)20-16-8-5-6-9-18(16)30(3)24(20)25(21)31/h5-6,8-11,14H,7,12-13H2,1-4H3,(H,28,32,33). The number of hydrogen-bond donors (Lipinski definition) is 1. The number of methoxy groups -OCH3 is 1. The first-order valence-corrected chi connectivity index (χ1v) is 11.5. The van der Waals surface area contributed by atoms with Crippen molar-refractivity contribution in [1.82, 2.24) is 19.4 Å². The van der Waals surface area contributed by atoms with Crippen LogP contribution >= 0.6 is 0 Å². The molecule has 5 aromatic rings. The number of hydrogen-bond acceptors (Lipinski definition) is 4. The second-order valence-electron chi connectivity index (χ2n) is 9.25. The van der Waals surface area contributed by atoms with Crippen LogP contribution in [-0.2, 0) is 13.6 Å². The molecule has 0 radical (unpaired) electrons. The quantitative estimate of drug-likeness (QED) is 0.403. The normalized spacial score (nSPS) is 13.7. The van der Waals surface area contributed by atoms with E-state index >= 15 is 0 Å². The minimum absolute atomic E-state index is 0.334. The van der Waals surface area contributed by atoms with Gasteiger partial charge in [-0.05, 0) is 51.3 Å². The Morgan fingerprint density at radius 3 is 2.32 bits per heavy atom. The lowest BCUT2D eigenvalue weighted by Crippen LogP contribution is -2.20. The molecular weight excluding hydrogens is 428 g/mol. The minimum Gasteiger partial charge on any atom is -0.497 e. The maximum Gasteiger partial charge on any atom is 0.259 e. The molecule has 0 aliphatic carbocycles. The fourth-order valence-corrected chi connectivity index (χ4v) is 5.59. The number of benzene rings is 3. The summed E-state index contributed by atoms with van der Waals surface area (Å²) in [5.41, 5.74) is 4.95. The highest BCUT2D eigenvalue weighted by atomic mass is 16.5. The van der Waals surface area contributed by atoms with E-state index in [4.69, 9.17) is 4.74 Å². The summed E-state index contributed by atoms with van der Waals surface area (Å²) in [6, 6.07) is 14.1. The monoisotopic (exact) mass is 454 g/mol. The highest BCUT2D eigenvalue weighted by molar-refractivity contribution is 6.39. The van der Waals surface area contributed by atoms with Crippen LogP contribution in [0.25, 0.3) is 43.6 Å². The molecule has 34 heavy (non-hydrogen) atoms. The average Bonchev–Trinajstić information content (AvgIpc) is 3.41. The molecule has 7 nitrogen and oxygen atoms in total. The molecule has 7 heteroatoms. The summed E-state index contributed by atoms with van der Waals surface area (Å²) >= 11 is 0. The lowest BCUT2D eigenvalue weighted by molar-refractivity contribution is 0.0880. The van der Waals surface area contributed by atoms with Crippen LogP contribution in [0.1, 0.15) is 27.1 Å². The van der Waals surface area contributed by atoms with Crippen molar-refractivity contribution in [3.8, 4) is 5.75 Å². The van der Waals surface area contributed by atoms with Crippen molar-refractivity contribution in [2.24, 2.45) is 7.05 Å². The Morgan fingerprint density at radius 2 is 1.62 bits per heavy atom. The summed E-state index contributed by atoms with van der Waals surface area (Å²) in [7, 11) is 7.82. The van der Waals surface area contributed by atoms with Crippen LogP contribution in [0, 0.1) is 0 Å². The number of fused-ring (bicyclic) bond motifs is 10. The lowest BCUT2D eigenvalue weighted by atomic mass is 9.96. The third kappa shape index (κ3) is 2.67. The SMILES string of the molecule is COc1ccc2c(c1)c1c3c(c4c5ccccc5n(C)c4c1n2CCCN(C)C)C(=O)NC3=O. The van der Waals surface area contributed by atoms with Crippen LogP contribution in [-0.4, -0.2) is 53.6 Å². The molecule has 0 unspecified atom stereocenters. The van der Waals surface area contributed by atoms with Crippen LogP contribution in [0.15, 0.2) is 42.5 Å². The Labute approximate surface area is 196 Å². The zero-order valence-electron chi connectivity index (χ0n) is 19.7. The van der Waals surface area contributed by atoms with E-state index in [-0.39, 0.29) is 11.8 Å². The zero-order valence-corrected chi connectivity index (χ0v) is 19.7. The van der Waals surface area contributed by atoms with E-state index in [0.717, 1.165) is 68.9 Å². The Morgan fingerprint density at radius 1 is 0.912 bits per heavy atom. The second-order valence-corrected chi connectivity index (χ2v) is 9.25. The minimum atomic E-state index is -0.338. The Hall–Kier alpha value is -3.84. The van der Waals surface area contributed by atoms with Crippen molar-refractivity contribution in [2.45, 2.75) is 13.0 Å². The van der Waals surface area contributed by atoms with Gasteiger partial charge < -0.3 is 18.8 Å². The van der Waals surface area contributed by atoms with E-state index in [1.807, 2.05) is 37.4 Å². The van der Waals surface area contributed by atoms with Gasteiger partial charge in [0.2, 0.25) is 0 Å². The molecule has 0 spiro atoms. The van der Waals surface area contributed by atoms with Gasteiger partial charge in [0.15, 0.2) is 0 Å². The van der Waals surface area contributed by atoms with Crippen molar-refractivity contribution in [1.29, 1.82) is 0 Å². The van der Waals surface area contributed by atoms with Gasteiger partial charge in [-0.2, -0.15) is 0 Å². The number of aryl methyl sites for hydroxylation is 2. The number of nitrogens with one attached hydrogen (secondary N) is 1. The first kappa shape index (κ1) is 20.7. The molecule has 0 saturated heterocycles. The molecule has 2 amide bonds. The van der Waals surface area contributed by atoms with Crippen LogP contribution in [0.4, 0.5) is 0 Å². The van der Waals surface area contributed by atoms with E-state index in [0.29, 0.717) is 11.1 Å². The molecule has 0 fully saturated rings. The highest BCUT2D eigenvalue weighted by Crippen LogP contribution is 2.45. The van der Waals surface area contributed by atoms with Gasteiger partial charge in [0.1, 0.15) is 5.75 Å². The highest BCUT2D eigenvalue weighted by Gasteiger charge is 2.36. The average molecular weight is 455 g/mol. The van der Waals surface area contributed by atoms with E-state index in [1.54, 1.807) is 7.11 Å². The number of rotatable bonds is 5. The van der Waals surface area contributed by atoms with Gasteiger partial charge in [-0.3, -0.25) is 14.9 Å². The number of carbonyl (C=O) groups excluding carboxylic acids is 2. The van der Waals surface area contributed by atoms with Gasteiger partial charge in [0, 0.05) is 46.2 Å². The zero-order chi connectivity index (χ0) is 23.7. The van der Waals surface area contributed by atoms with Crippen LogP contribution in [0.2, 0.25) is 0 Å². The molecular formula is C27H26N4O3. The number of aromatic nitrogens is 2. The van der Waals surface area contributed by atoms with Crippen LogP contribution in [0.3, 0.4) is 0 Å². The van der Waals surface area contributed by atoms with Gasteiger partial charge in [0.25, 0.3) is 11.8 Å². The summed E-state index contributed by atoms with van der Waals surface area (Å²) in [6.07, 6.45) is 0.950. The first-order chi connectivity index (χ1) is 16.4. The van der Waals surface area contributed by atoms with E-state index in [2.05, 4.69) is 45.6 Å². The van der Waals surface area contributed by atoms with Crippen LogP contribution in [0.5, 0.6) is 5.75 Å². The number of imide groups is 1. The predicted molar refractivity (Wildman–Crippen MR) is 135 cm³/mol. The summed E-state index contributed by atoms with van der Waals surface area (Å²) in [5.74, 6) is 0.0464. The van der Waals surface area contributed by atoms with Gasteiger partial charge >= 0.3 is 0 Å². The maximum absolute atomic E-state index is 13.2. The smallest absolute Gasteiger partial charge is 0.259 e. The molecule has 1 aliphatic rings. The summed E-state index contributed by atoms with van der Waals surface area (Å²) in [6.45, 7) is 1.73. The molecule has 3 aromatic carbocycles. The lowest BCUT2D eigenvalue weighted by Gasteiger charge is -2.13. The number of ether oxygens (including phenoxy) is 1. The molecule has 0 bridgehead atoms. The van der Waals surface area contributed by atoms with Crippen molar-refractivity contribution in [3.05, 3.63) is 53.6 Å². The molecule has 2 aromatic heterocycles. The molecule has 1 aliphatic heterocycles. The summed E-state index contributed by atoms with van der Waals surface area (Å²) < 4.78 is 10.00. The predicted octanol–water partition coefficient (Wildman–Crippen LogP) is 4.28. The second kappa shape index (κ2) is 7.33. The molecule has 6 rings (SSSR count). The molecule has 0 atom stereocenters. The van der Waals surface area contributed by atoms with Gasteiger partial charge in [-0.15, -0.1) is 0 Å². The topological polar surface area (TPSA) is 68.5 Å². The molecule has 1 N–H and O–H groups in total. The summed E-state index contributed by atoms with van der Waals surface area (Å²) in [4.78, 5) is 28.5. The number of nitrogens with zero attached hydrogens (tertiary/aromatic N) is 3. The fourth-order valence-electron chi connectivity index (χ4n) is 5.59. The Bertz CT molecular complexity index is 1670. The fraction of sp³-hybridized carbons (Fsp3) is 0.259. The van der Waals surface area contributed by atoms with Gasteiger partial charge in [0.05, 0.1) is 29.3 Å².